The maximum Gasteiger partial charge on any atom is 0.146 e. The topological polar surface area (TPSA) is 23.8 Å². The molecule has 0 spiro atoms. The Kier molecular flexibility index (Phi) is 7.16. The van der Waals surface area contributed by atoms with Crippen molar-refractivity contribution in [1.82, 2.24) is 0 Å². The van der Waals surface area contributed by atoms with Gasteiger partial charge in [-0.15, -0.1) is 6.58 Å². The third-order valence-corrected chi connectivity index (χ3v) is 5.81. The molecular weight excluding hydrogens is 424 g/mol. The normalized spacial score (nSPS) is 10.4. The molecule has 4 rings (SSSR count). The Morgan fingerprint density at radius 3 is 2.12 bits per heavy atom. The summed E-state index contributed by atoms with van der Waals surface area (Å²) in [5.41, 5.74) is 4.33. The molecule has 1 nitrogen and oxygen atoms in total. The lowest BCUT2D eigenvalue weighted by Crippen LogP contribution is -1.94. The van der Waals surface area contributed by atoms with E-state index in [2.05, 4.69) is 42.7 Å². The van der Waals surface area contributed by atoms with E-state index in [4.69, 9.17) is 5.26 Å². The third kappa shape index (κ3) is 5.40. The van der Waals surface area contributed by atoms with Crippen LogP contribution in [0.4, 0.5) is 8.78 Å². The molecule has 0 bridgehead atoms. The first-order valence-electron chi connectivity index (χ1n) is 11.2. The van der Waals surface area contributed by atoms with E-state index in [0.717, 1.165) is 36.6 Å². The van der Waals surface area contributed by atoms with Crippen molar-refractivity contribution in [2.24, 2.45) is 0 Å². The van der Waals surface area contributed by atoms with Crippen LogP contribution in [-0.2, 0) is 19.3 Å². The molecule has 4 aromatic rings. The molecule has 4 aromatic carbocycles. The van der Waals surface area contributed by atoms with Gasteiger partial charge in [0.05, 0.1) is 11.1 Å². The van der Waals surface area contributed by atoms with Crippen LogP contribution in [-0.4, -0.2) is 0 Å². The van der Waals surface area contributed by atoms with Gasteiger partial charge in [-0.25, -0.2) is 8.78 Å². The Bertz CT molecular complexity index is 1450. The van der Waals surface area contributed by atoms with Crippen molar-refractivity contribution in [3.8, 4) is 17.9 Å². The lowest BCUT2D eigenvalue weighted by molar-refractivity contribution is 0.623. The van der Waals surface area contributed by atoms with Crippen molar-refractivity contribution in [3.63, 3.8) is 0 Å². The van der Waals surface area contributed by atoms with Gasteiger partial charge in [-0.05, 0) is 72.0 Å². The molecule has 0 aliphatic heterocycles. The number of nitrogens with zero attached hydrogens (tertiary/aromatic N) is 1. The SMILES string of the molecule is C=CCCc1ccc(CCc2ccc3c(F)c(C#Cc4ccc(C#N)c(F)c4)ccc3c2)cc1. The summed E-state index contributed by atoms with van der Waals surface area (Å²) >= 11 is 0. The van der Waals surface area contributed by atoms with Crippen LogP contribution in [0.2, 0.25) is 0 Å². The lowest BCUT2D eigenvalue weighted by atomic mass is 9.98. The molecule has 166 valence electrons. The quantitative estimate of drug-likeness (QED) is 0.225. The molecule has 0 fully saturated rings. The van der Waals surface area contributed by atoms with Crippen molar-refractivity contribution in [1.29, 1.82) is 5.26 Å². The zero-order valence-corrected chi connectivity index (χ0v) is 18.7. The van der Waals surface area contributed by atoms with Gasteiger partial charge in [-0.2, -0.15) is 5.26 Å². The summed E-state index contributed by atoms with van der Waals surface area (Å²) in [4.78, 5) is 0. The van der Waals surface area contributed by atoms with Crippen molar-refractivity contribution < 1.29 is 8.78 Å². The van der Waals surface area contributed by atoms with Crippen LogP contribution in [0.3, 0.4) is 0 Å². The molecule has 0 radical (unpaired) electrons. The summed E-state index contributed by atoms with van der Waals surface area (Å²) in [6, 6.07) is 23.8. The van der Waals surface area contributed by atoms with Crippen LogP contribution in [0, 0.1) is 34.8 Å². The number of halogens is 2. The highest BCUT2D eigenvalue weighted by atomic mass is 19.1. The average molecular weight is 448 g/mol. The number of aryl methyl sites for hydroxylation is 3. The van der Waals surface area contributed by atoms with E-state index in [9.17, 15) is 4.39 Å². The Hall–Kier alpha value is -4.21. The summed E-state index contributed by atoms with van der Waals surface area (Å²) < 4.78 is 28.8. The minimum Gasteiger partial charge on any atom is -0.206 e. The standard InChI is InChI=1S/C31H23F2N/c1-2-3-4-22-5-7-23(8-6-22)9-10-24-13-18-29-27(19-24)17-16-26(31(29)33)14-11-25-12-15-28(21-34)30(32)20-25/h2,5-8,12-13,15-20H,1,3-4,9-10H2. The fourth-order valence-corrected chi connectivity index (χ4v) is 3.85. The lowest BCUT2D eigenvalue weighted by Gasteiger charge is -2.07. The van der Waals surface area contributed by atoms with Gasteiger partial charge in [-0.3, -0.25) is 0 Å². The highest BCUT2D eigenvalue weighted by molar-refractivity contribution is 5.85. The van der Waals surface area contributed by atoms with E-state index in [0.29, 0.717) is 10.9 Å². The molecule has 0 amide bonds. The molecule has 0 unspecified atom stereocenters. The minimum atomic E-state index is -0.635. The number of allylic oxidation sites excluding steroid dienone is 1. The van der Waals surface area contributed by atoms with Crippen LogP contribution < -0.4 is 0 Å². The first-order chi connectivity index (χ1) is 16.6. The van der Waals surface area contributed by atoms with Gasteiger partial charge >= 0.3 is 0 Å². The van der Waals surface area contributed by atoms with Gasteiger partial charge in [0.25, 0.3) is 0 Å². The second kappa shape index (κ2) is 10.6. The van der Waals surface area contributed by atoms with Gasteiger partial charge in [-0.1, -0.05) is 66.4 Å². The molecule has 0 heterocycles. The molecule has 0 aromatic heterocycles. The third-order valence-electron chi connectivity index (χ3n) is 5.81. The zero-order valence-electron chi connectivity index (χ0n) is 18.7. The second-order valence-corrected chi connectivity index (χ2v) is 8.18. The highest BCUT2D eigenvalue weighted by Crippen LogP contribution is 2.23. The van der Waals surface area contributed by atoms with Crippen LogP contribution >= 0.6 is 0 Å². The smallest absolute Gasteiger partial charge is 0.146 e. The summed E-state index contributed by atoms with van der Waals surface area (Å²) in [7, 11) is 0. The van der Waals surface area contributed by atoms with E-state index in [1.807, 2.05) is 24.3 Å². The van der Waals surface area contributed by atoms with E-state index in [1.165, 1.54) is 23.3 Å². The number of fused-ring (bicyclic) bond motifs is 1. The highest BCUT2D eigenvalue weighted by Gasteiger charge is 2.07. The van der Waals surface area contributed by atoms with Crippen LogP contribution in [0.15, 0.2) is 85.5 Å². The molecule has 34 heavy (non-hydrogen) atoms. The Balaban J connectivity index is 1.48. The Morgan fingerprint density at radius 2 is 1.41 bits per heavy atom. The molecule has 0 atom stereocenters. The largest absolute Gasteiger partial charge is 0.206 e. The molecule has 0 saturated carbocycles. The maximum absolute atomic E-state index is 15.1. The minimum absolute atomic E-state index is 0.0428. The van der Waals surface area contributed by atoms with E-state index in [1.54, 1.807) is 24.3 Å². The first kappa shape index (κ1) is 23.0. The number of hydrogen-bond acceptors (Lipinski definition) is 1. The number of hydrogen-bond donors (Lipinski definition) is 0. The van der Waals surface area contributed by atoms with E-state index >= 15 is 4.39 Å². The van der Waals surface area contributed by atoms with E-state index in [-0.39, 0.29) is 16.9 Å². The van der Waals surface area contributed by atoms with E-state index < -0.39 is 5.82 Å². The molecule has 0 saturated heterocycles. The monoisotopic (exact) mass is 447 g/mol. The van der Waals surface area contributed by atoms with Crippen LogP contribution in [0.1, 0.15) is 39.8 Å². The number of nitriles is 1. The van der Waals surface area contributed by atoms with Gasteiger partial charge in [0.1, 0.15) is 17.7 Å². The summed E-state index contributed by atoms with van der Waals surface area (Å²) in [5.74, 6) is 4.54. The molecule has 0 aliphatic carbocycles. The van der Waals surface area contributed by atoms with Crippen molar-refractivity contribution in [2.45, 2.75) is 25.7 Å². The molecular formula is C31H23F2N. The number of rotatable bonds is 6. The van der Waals surface area contributed by atoms with Gasteiger partial charge in [0.15, 0.2) is 0 Å². The molecule has 3 heteroatoms. The fourth-order valence-electron chi connectivity index (χ4n) is 3.85. The summed E-state index contributed by atoms with van der Waals surface area (Å²) in [6.45, 7) is 3.77. The first-order valence-corrected chi connectivity index (χ1v) is 11.2. The summed E-state index contributed by atoms with van der Waals surface area (Å²) in [5, 5.41) is 10.2. The van der Waals surface area contributed by atoms with Gasteiger partial charge in [0.2, 0.25) is 0 Å². The predicted octanol–water partition coefficient (Wildman–Crippen LogP) is 7.29. The average Bonchev–Trinajstić information content (AvgIpc) is 2.86. The van der Waals surface area contributed by atoms with Crippen molar-refractivity contribution >= 4 is 10.8 Å². The molecule has 0 aliphatic rings. The Labute approximate surface area is 199 Å². The fraction of sp³-hybridized carbons (Fsp3) is 0.129. The predicted molar refractivity (Wildman–Crippen MR) is 133 cm³/mol. The Morgan fingerprint density at radius 1 is 0.735 bits per heavy atom. The number of benzene rings is 4. The van der Waals surface area contributed by atoms with Crippen LogP contribution in [0.25, 0.3) is 10.8 Å². The van der Waals surface area contributed by atoms with Crippen molar-refractivity contribution in [2.75, 3.05) is 0 Å². The zero-order chi connectivity index (χ0) is 23.9. The second-order valence-electron chi connectivity index (χ2n) is 8.18. The van der Waals surface area contributed by atoms with Gasteiger partial charge in [0, 0.05) is 10.9 Å². The van der Waals surface area contributed by atoms with Gasteiger partial charge < -0.3 is 0 Å². The van der Waals surface area contributed by atoms with Crippen LogP contribution in [0.5, 0.6) is 0 Å². The molecule has 0 N–H and O–H groups in total. The van der Waals surface area contributed by atoms with Crippen molar-refractivity contribution in [3.05, 3.63) is 130 Å². The summed E-state index contributed by atoms with van der Waals surface area (Å²) in [6.07, 6.45) is 5.71. The maximum atomic E-state index is 15.1.